The van der Waals surface area contributed by atoms with Gasteiger partial charge in [0.15, 0.2) is 0 Å². The molecule has 0 fully saturated rings. The molecule has 0 saturated carbocycles. The number of pyridine rings is 1. The van der Waals surface area contributed by atoms with Crippen molar-refractivity contribution in [2.75, 3.05) is 13.1 Å². The quantitative estimate of drug-likeness (QED) is 0.388. The van der Waals surface area contributed by atoms with Crippen LogP contribution in [-0.4, -0.2) is 33.8 Å². The summed E-state index contributed by atoms with van der Waals surface area (Å²) in [5.41, 5.74) is 10.6. The number of aryl methyl sites for hydroxylation is 3. The molecule has 34 heavy (non-hydrogen) atoms. The monoisotopic (exact) mass is 454 g/mol. The van der Waals surface area contributed by atoms with E-state index < -0.39 is 0 Å². The Morgan fingerprint density at radius 3 is 2.91 bits per heavy atom. The average Bonchev–Trinajstić information content (AvgIpc) is 3.50. The first kappa shape index (κ1) is 22.5. The summed E-state index contributed by atoms with van der Waals surface area (Å²) in [4.78, 5) is 17.7. The van der Waals surface area contributed by atoms with E-state index in [2.05, 4.69) is 58.4 Å². The Labute approximate surface area is 201 Å². The summed E-state index contributed by atoms with van der Waals surface area (Å²) < 4.78 is 0. The molecule has 0 saturated heterocycles. The van der Waals surface area contributed by atoms with Crippen molar-refractivity contribution >= 4 is 16.7 Å². The number of nitrogens with one attached hydrogen (secondary N) is 3. The minimum atomic E-state index is 0.667. The molecule has 2 aliphatic rings. The van der Waals surface area contributed by atoms with E-state index in [9.17, 15) is 0 Å². The first-order chi connectivity index (χ1) is 16.7. The van der Waals surface area contributed by atoms with Crippen LogP contribution in [0.3, 0.4) is 0 Å². The Bertz CT molecular complexity index is 1250. The molecule has 0 atom stereocenters. The van der Waals surface area contributed by atoms with Gasteiger partial charge in [-0.3, -0.25) is 9.98 Å². The van der Waals surface area contributed by atoms with Gasteiger partial charge >= 0.3 is 0 Å². The van der Waals surface area contributed by atoms with Crippen LogP contribution in [0.1, 0.15) is 53.9 Å². The zero-order chi connectivity index (χ0) is 23.3. The number of aliphatic imine (C=N–C) groups is 1. The number of hydrogen-bond donors (Lipinski definition) is 3. The van der Waals surface area contributed by atoms with E-state index >= 15 is 0 Å². The fraction of sp³-hybridized carbons (Fsp3) is 0.393. The molecule has 1 aliphatic heterocycles. The van der Waals surface area contributed by atoms with Crippen molar-refractivity contribution < 1.29 is 0 Å². The number of fused-ring (bicyclic) bond motifs is 3. The fourth-order valence-electron chi connectivity index (χ4n) is 4.85. The fourth-order valence-corrected chi connectivity index (χ4v) is 4.85. The molecule has 176 valence electrons. The van der Waals surface area contributed by atoms with E-state index in [-0.39, 0.29) is 0 Å². The Kier molecular flexibility index (Phi) is 6.86. The zero-order valence-corrected chi connectivity index (χ0v) is 20.1. The van der Waals surface area contributed by atoms with Gasteiger partial charge in [-0.1, -0.05) is 24.8 Å². The van der Waals surface area contributed by atoms with Crippen LogP contribution in [0.2, 0.25) is 0 Å². The van der Waals surface area contributed by atoms with E-state index in [1.165, 1.54) is 52.7 Å². The lowest BCUT2D eigenvalue weighted by Gasteiger charge is -2.15. The van der Waals surface area contributed by atoms with Gasteiger partial charge in [-0.25, -0.2) is 4.98 Å². The first-order valence-corrected chi connectivity index (χ1v) is 12.5. The molecule has 1 aromatic carbocycles. The van der Waals surface area contributed by atoms with Crippen molar-refractivity contribution in [3.05, 3.63) is 82.7 Å². The predicted octanol–water partition coefficient (Wildman–Crippen LogP) is 4.70. The molecule has 3 aromatic rings. The lowest BCUT2D eigenvalue weighted by molar-refractivity contribution is 0.682. The zero-order valence-electron chi connectivity index (χ0n) is 20.1. The van der Waals surface area contributed by atoms with Crippen molar-refractivity contribution in [2.24, 2.45) is 4.99 Å². The highest BCUT2D eigenvalue weighted by Crippen LogP contribution is 2.27. The minimum Gasteiger partial charge on any atom is -0.378 e. The molecule has 0 unspecified atom stereocenters. The van der Waals surface area contributed by atoms with Crippen LogP contribution in [0, 0.1) is 6.92 Å². The van der Waals surface area contributed by atoms with Gasteiger partial charge in [-0.15, -0.1) is 0 Å². The number of hydrogen-bond acceptors (Lipinski definition) is 5. The number of imidazole rings is 1. The highest BCUT2D eigenvalue weighted by Gasteiger charge is 2.15. The second kappa shape index (κ2) is 10.3. The molecule has 0 amide bonds. The van der Waals surface area contributed by atoms with Crippen LogP contribution in [-0.2, 0) is 25.8 Å². The minimum absolute atomic E-state index is 0.667. The number of aromatic amines is 1. The van der Waals surface area contributed by atoms with Gasteiger partial charge in [0.25, 0.3) is 0 Å². The van der Waals surface area contributed by atoms with E-state index in [0.717, 1.165) is 61.7 Å². The Hall–Kier alpha value is -3.25. The normalized spacial score (nSPS) is 15.2. The predicted molar refractivity (Wildman–Crippen MR) is 139 cm³/mol. The Balaban J connectivity index is 1.05. The second-order valence-electron chi connectivity index (χ2n) is 9.31. The molecular formula is C28H34N6. The number of aromatic nitrogens is 3. The highest BCUT2D eigenvalue weighted by molar-refractivity contribution is 5.89. The molecule has 0 bridgehead atoms. The van der Waals surface area contributed by atoms with Gasteiger partial charge in [-0.05, 0) is 67.9 Å². The highest BCUT2D eigenvalue weighted by atomic mass is 15.0. The summed E-state index contributed by atoms with van der Waals surface area (Å²) in [6, 6.07) is 8.52. The molecule has 3 heterocycles. The topological polar surface area (TPSA) is 78.0 Å². The molecular weight excluding hydrogens is 420 g/mol. The maximum atomic E-state index is 4.93. The lowest BCUT2D eigenvalue weighted by Crippen LogP contribution is -2.21. The van der Waals surface area contributed by atoms with Crippen molar-refractivity contribution in [1.29, 1.82) is 0 Å². The van der Waals surface area contributed by atoms with E-state index in [1.807, 2.05) is 12.3 Å². The van der Waals surface area contributed by atoms with Gasteiger partial charge in [0.1, 0.15) is 5.82 Å². The van der Waals surface area contributed by atoms with Crippen molar-refractivity contribution in [1.82, 2.24) is 25.6 Å². The largest absolute Gasteiger partial charge is 0.378 e. The molecule has 6 heteroatoms. The third-order valence-electron chi connectivity index (χ3n) is 6.86. The Morgan fingerprint density at radius 2 is 2.00 bits per heavy atom. The van der Waals surface area contributed by atoms with Crippen LogP contribution in [0.5, 0.6) is 0 Å². The standard InChI is InChI=1S/C28H34N6/c1-19-6-5-15-30-26(19)18-31-20(2)24-12-10-22(32-24)13-16-29-17-14-27-33-25-11-9-21-7-3-4-8-23(21)28(25)34-27/h5-6,9,11-12,15,29,31H,2-4,7-8,10,13-14,16-18H2,1H3,(H,33,34). The summed E-state index contributed by atoms with van der Waals surface area (Å²) in [6.07, 6.45) is 11.7. The lowest BCUT2D eigenvalue weighted by atomic mass is 9.91. The Morgan fingerprint density at radius 1 is 1.12 bits per heavy atom. The third kappa shape index (κ3) is 5.12. The molecule has 0 radical (unpaired) electrons. The molecule has 6 nitrogen and oxygen atoms in total. The van der Waals surface area contributed by atoms with Gasteiger partial charge in [-0.2, -0.15) is 0 Å². The maximum Gasteiger partial charge on any atom is 0.108 e. The number of benzene rings is 1. The molecule has 3 N–H and O–H groups in total. The van der Waals surface area contributed by atoms with Gasteiger partial charge in [0, 0.05) is 37.8 Å². The number of allylic oxidation sites excluding steroid dienone is 1. The smallest absolute Gasteiger partial charge is 0.108 e. The van der Waals surface area contributed by atoms with Crippen LogP contribution in [0.4, 0.5) is 0 Å². The van der Waals surface area contributed by atoms with Crippen LogP contribution in [0.15, 0.2) is 59.5 Å². The number of nitrogens with zero attached hydrogens (tertiary/aromatic N) is 3. The van der Waals surface area contributed by atoms with Gasteiger partial charge in [0.05, 0.1) is 34.7 Å². The summed E-state index contributed by atoms with van der Waals surface area (Å²) in [7, 11) is 0. The van der Waals surface area contributed by atoms with E-state index in [4.69, 9.17) is 9.98 Å². The second-order valence-corrected chi connectivity index (χ2v) is 9.31. The summed E-state index contributed by atoms with van der Waals surface area (Å²) in [5.74, 6) is 1.08. The van der Waals surface area contributed by atoms with Crippen molar-refractivity contribution in [3.63, 3.8) is 0 Å². The molecule has 5 rings (SSSR count). The molecule has 2 aromatic heterocycles. The van der Waals surface area contributed by atoms with Crippen molar-refractivity contribution in [2.45, 2.75) is 58.4 Å². The van der Waals surface area contributed by atoms with Crippen molar-refractivity contribution in [3.8, 4) is 0 Å². The molecule has 0 spiro atoms. The SMILES string of the molecule is C=C(NCc1ncccc1C)C1=CCC(CCNCCc2nc3c4c(ccc3[nH]2)CCCC4)=N1. The average molecular weight is 455 g/mol. The van der Waals surface area contributed by atoms with Crippen LogP contribution < -0.4 is 10.6 Å². The van der Waals surface area contributed by atoms with Crippen LogP contribution in [0.25, 0.3) is 11.0 Å². The summed E-state index contributed by atoms with van der Waals surface area (Å²) >= 11 is 0. The number of H-pyrrole nitrogens is 1. The third-order valence-corrected chi connectivity index (χ3v) is 6.86. The van der Waals surface area contributed by atoms with Gasteiger partial charge in [0.2, 0.25) is 0 Å². The maximum absolute atomic E-state index is 4.93. The van der Waals surface area contributed by atoms with E-state index in [0.29, 0.717) is 6.54 Å². The summed E-state index contributed by atoms with van der Waals surface area (Å²) in [6.45, 7) is 8.73. The first-order valence-electron chi connectivity index (χ1n) is 12.5. The van der Waals surface area contributed by atoms with Gasteiger partial charge < -0.3 is 15.6 Å². The number of rotatable bonds is 10. The molecule has 1 aliphatic carbocycles. The van der Waals surface area contributed by atoms with Crippen LogP contribution >= 0.6 is 0 Å². The summed E-state index contributed by atoms with van der Waals surface area (Å²) in [5, 5.41) is 6.92. The van der Waals surface area contributed by atoms with E-state index in [1.54, 1.807) is 0 Å².